The molecule has 3 rings (SSSR count). The molecule has 0 spiro atoms. The number of aromatic carboxylic acids is 1. The van der Waals surface area contributed by atoms with Crippen LogP contribution in [0.3, 0.4) is 0 Å². The van der Waals surface area contributed by atoms with Crippen LogP contribution in [0.2, 0.25) is 5.02 Å². The Bertz CT molecular complexity index is 838. The summed E-state index contributed by atoms with van der Waals surface area (Å²) in [4.78, 5) is 12.4. The van der Waals surface area contributed by atoms with E-state index < -0.39 is 12.1 Å². The number of carboxylic acid groups (broad SMARTS) is 1. The van der Waals surface area contributed by atoms with E-state index in [4.69, 9.17) is 33.0 Å². The van der Waals surface area contributed by atoms with Gasteiger partial charge in [0.05, 0.1) is 12.7 Å². The standard InChI is InChI=1S/C22H26Cl2O4S/c1-2-13-10-14(6-8-18(13)23)28-12-17-16(19(24)11-20(17)25)5-3-4-15-7-9-21(29-15)22(26)27/h6-10,16-17,19-20,25H,2-5,11-12H2,1H3,(H,26,27)/t16-,17?,19-,20?/m1/s1. The van der Waals surface area contributed by atoms with Crippen molar-refractivity contribution < 1.29 is 19.7 Å². The summed E-state index contributed by atoms with van der Waals surface area (Å²) in [6.07, 6.45) is 3.53. The SMILES string of the molecule is CCc1cc(OCC2C(O)C[C@@H](Cl)[C@@H]2CCCc2ccc(C(=O)O)s2)ccc1Cl. The fraction of sp³-hybridized carbons (Fsp3) is 0.500. The lowest BCUT2D eigenvalue weighted by Crippen LogP contribution is -2.27. The first-order valence-electron chi connectivity index (χ1n) is 9.94. The molecular weight excluding hydrogens is 431 g/mol. The molecule has 1 saturated carbocycles. The maximum atomic E-state index is 11.0. The van der Waals surface area contributed by atoms with E-state index in [1.807, 2.05) is 31.2 Å². The lowest BCUT2D eigenvalue weighted by molar-refractivity contribution is 0.0701. The van der Waals surface area contributed by atoms with Crippen molar-refractivity contribution in [3.05, 3.63) is 50.7 Å². The van der Waals surface area contributed by atoms with E-state index in [0.29, 0.717) is 17.9 Å². The molecule has 7 heteroatoms. The molecule has 0 bridgehead atoms. The molecule has 1 fully saturated rings. The molecule has 1 aromatic heterocycles. The number of rotatable bonds is 9. The quantitative estimate of drug-likeness (QED) is 0.477. The Labute approximate surface area is 185 Å². The number of benzene rings is 1. The third kappa shape index (κ3) is 5.66. The topological polar surface area (TPSA) is 66.8 Å². The molecule has 1 aliphatic carbocycles. The Hall–Kier alpha value is -1.27. The molecule has 2 N–H and O–H groups in total. The number of hydrogen-bond donors (Lipinski definition) is 2. The van der Waals surface area contributed by atoms with E-state index >= 15 is 0 Å². The van der Waals surface area contributed by atoms with Gasteiger partial charge in [-0.15, -0.1) is 22.9 Å². The van der Waals surface area contributed by atoms with Crippen LogP contribution in [0.15, 0.2) is 30.3 Å². The second-order valence-corrected chi connectivity index (χ2v) is 9.66. The molecule has 1 heterocycles. The number of aliphatic hydroxyl groups excluding tert-OH is 1. The average Bonchev–Trinajstić information content (AvgIpc) is 3.26. The Balaban J connectivity index is 1.56. The minimum atomic E-state index is -0.883. The van der Waals surface area contributed by atoms with Gasteiger partial charge in [0.1, 0.15) is 10.6 Å². The molecule has 0 amide bonds. The lowest BCUT2D eigenvalue weighted by atomic mass is 9.90. The Kier molecular flexibility index (Phi) is 7.85. The highest BCUT2D eigenvalue weighted by molar-refractivity contribution is 7.13. The molecule has 4 atom stereocenters. The summed E-state index contributed by atoms with van der Waals surface area (Å²) >= 11 is 14.0. The van der Waals surface area contributed by atoms with Crippen LogP contribution < -0.4 is 4.74 Å². The van der Waals surface area contributed by atoms with E-state index in [-0.39, 0.29) is 17.2 Å². The van der Waals surface area contributed by atoms with Crippen LogP contribution in [0.25, 0.3) is 0 Å². The number of hydrogen-bond acceptors (Lipinski definition) is 4. The van der Waals surface area contributed by atoms with Gasteiger partial charge in [0.25, 0.3) is 0 Å². The highest BCUT2D eigenvalue weighted by Gasteiger charge is 2.41. The van der Waals surface area contributed by atoms with E-state index in [1.54, 1.807) is 6.07 Å². The summed E-state index contributed by atoms with van der Waals surface area (Å²) in [5.74, 6) is 0.0290. The van der Waals surface area contributed by atoms with Gasteiger partial charge in [0, 0.05) is 21.2 Å². The molecule has 1 aromatic carbocycles. The van der Waals surface area contributed by atoms with Gasteiger partial charge in [-0.2, -0.15) is 0 Å². The summed E-state index contributed by atoms with van der Waals surface area (Å²) < 4.78 is 5.99. The minimum absolute atomic E-state index is 0.0174. The number of aryl methyl sites for hydroxylation is 2. The molecule has 0 radical (unpaired) electrons. The first-order chi connectivity index (χ1) is 13.9. The first kappa shape index (κ1) is 22.4. The molecule has 158 valence electrons. The first-order valence-corrected chi connectivity index (χ1v) is 11.6. The van der Waals surface area contributed by atoms with Crippen molar-refractivity contribution in [2.45, 2.75) is 50.5 Å². The number of halogens is 2. The zero-order valence-electron chi connectivity index (χ0n) is 16.3. The van der Waals surface area contributed by atoms with Crippen molar-refractivity contribution in [1.29, 1.82) is 0 Å². The average molecular weight is 457 g/mol. The monoisotopic (exact) mass is 456 g/mol. The van der Waals surface area contributed by atoms with Crippen LogP contribution in [-0.4, -0.2) is 34.3 Å². The van der Waals surface area contributed by atoms with E-state index in [1.165, 1.54) is 11.3 Å². The summed E-state index contributed by atoms with van der Waals surface area (Å²) in [6, 6.07) is 9.18. The summed E-state index contributed by atoms with van der Waals surface area (Å²) in [7, 11) is 0. The van der Waals surface area contributed by atoms with Gasteiger partial charge in [0.2, 0.25) is 0 Å². The predicted molar refractivity (Wildman–Crippen MR) is 118 cm³/mol. The van der Waals surface area contributed by atoms with Crippen molar-refractivity contribution in [3.8, 4) is 5.75 Å². The molecule has 0 aliphatic heterocycles. The van der Waals surface area contributed by atoms with Crippen molar-refractivity contribution in [1.82, 2.24) is 0 Å². The molecule has 1 aliphatic rings. The molecule has 4 nitrogen and oxygen atoms in total. The van der Waals surface area contributed by atoms with Crippen LogP contribution in [0.1, 0.15) is 46.3 Å². The Morgan fingerprint density at radius 2 is 2.07 bits per heavy atom. The van der Waals surface area contributed by atoms with Crippen LogP contribution in [0.4, 0.5) is 0 Å². The third-order valence-electron chi connectivity index (χ3n) is 5.65. The van der Waals surface area contributed by atoms with Crippen molar-refractivity contribution in [2.24, 2.45) is 11.8 Å². The zero-order chi connectivity index (χ0) is 21.0. The van der Waals surface area contributed by atoms with E-state index in [0.717, 1.165) is 46.9 Å². The van der Waals surface area contributed by atoms with E-state index in [9.17, 15) is 9.90 Å². The normalized spacial score (nSPS) is 24.0. The molecule has 2 aromatic rings. The van der Waals surface area contributed by atoms with Gasteiger partial charge >= 0.3 is 5.97 Å². The van der Waals surface area contributed by atoms with Crippen molar-refractivity contribution in [3.63, 3.8) is 0 Å². The Morgan fingerprint density at radius 1 is 1.28 bits per heavy atom. The second kappa shape index (κ2) is 10.2. The highest BCUT2D eigenvalue weighted by atomic mass is 35.5. The Morgan fingerprint density at radius 3 is 2.76 bits per heavy atom. The number of carbonyl (C=O) groups is 1. The van der Waals surface area contributed by atoms with Gasteiger partial charge in [-0.25, -0.2) is 4.79 Å². The van der Waals surface area contributed by atoms with Gasteiger partial charge in [0.15, 0.2) is 0 Å². The lowest BCUT2D eigenvalue weighted by Gasteiger charge is -2.24. The fourth-order valence-corrected chi connectivity index (χ4v) is 5.64. The van der Waals surface area contributed by atoms with E-state index in [2.05, 4.69) is 0 Å². The van der Waals surface area contributed by atoms with Crippen LogP contribution in [0.5, 0.6) is 5.75 Å². The third-order valence-corrected chi connectivity index (χ3v) is 7.65. The number of carboxylic acids is 1. The van der Waals surface area contributed by atoms with Gasteiger partial charge in [-0.05, 0) is 73.9 Å². The number of alkyl halides is 1. The summed E-state index contributed by atoms with van der Waals surface area (Å²) in [5.41, 5.74) is 1.04. The van der Waals surface area contributed by atoms with Crippen molar-refractivity contribution in [2.75, 3.05) is 6.61 Å². The minimum Gasteiger partial charge on any atom is -0.493 e. The number of aliphatic hydroxyl groups is 1. The number of ether oxygens (including phenoxy) is 1. The van der Waals surface area contributed by atoms with Crippen molar-refractivity contribution >= 4 is 40.5 Å². The molecular formula is C22H26Cl2O4S. The molecule has 0 saturated heterocycles. The van der Waals surface area contributed by atoms with Crippen LogP contribution >= 0.6 is 34.5 Å². The number of thiophene rings is 1. The molecule has 2 unspecified atom stereocenters. The largest absolute Gasteiger partial charge is 0.493 e. The maximum absolute atomic E-state index is 11.0. The second-order valence-electron chi connectivity index (χ2n) is 7.53. The van der Waals surface area contributed by atoms with Crippen LogP contribution in [0, 0.1) is 11.8 Å². The highest BCUT2D eigenvalue weighted by Crippen LogP contribution is 2.40. The predicted octanol–water partition coefficient (Wildman–Crippen LogP) is 5.67. The zero-order valence-corrected chi connectivity index (χ0v) is 18.6. The summed E-state index contributed by atoms with van der Waals surface area (Å²) in [6.45, 7) is 2.47. The smallest absolute Gasteiger partial charge is 0.345 e. The summed E-state index contributed by atoms with van der Waals surface area (Å²) in [5, 5.41) is 20.2. The maximum Gasteiger partial charge on any atom is 0.345 e. The van der Waals surface area contributed by atoms with Crippen LogP contribution in [-0.2, 0) is 12.8 Å². The van der Waals surface area contributed by atoms with Gasteiger partial charge in [-0.1, -0.05) is 18.5 Å². The fourth-order valence-electron chi connectivity index (χ4n) is 4.01. The molecule has 29 heavy (non-hydrogen) atoms. The van der Waals surface area contributed by atoms with Gasteiger partial charge in [-0.3, -0.25) is 0 Å². The van der Waals surface area contributed by atoms with Gasteiger partial charge < -0.3 is 14.9 Å².